The van der Waals surface area contributed by atoms with Gasteiger partial charge in [0.1, 0.15) is 0 Å². The SMILES string of the molecule is CCOc1ccc(C(=O)N/N=C/c2cc(Cl)c(OCC(=O)Nc3ccc(Cl)cc3)c(Cl)c2)cc1OCC. The number of rotatable bonds is 11. The molecule has 11 heteroatoms. The molecule has 2 N–H and O–H groups in total. The van der Waals surface area contributed by atoms with E-state index in [0.29, 0.717) is 46.5 Å². The van der Waals surface area contributed by atoms with Gasteiger partial charge in [0.15, 0.2) is 23.9 Å². The summed E-state index contributed by atoms with van der Waals surface area (Å²) in [5.74, 6) is 0.331. The fraction of sp³-hybridized carbons (Fsp3) is 0.192. The fourth-order valence-corrected chi connectivity index (χ4v) is 3.82. The third-order valence-corrected chi connectivity index (χ3v) is 5.49. The van der Waals surface area contributed by atoms with Gasteiger partial charge >= 0.3 is 0 Å². The zero-order chi connectivity index (χ0) is 26.8. The Morgan fingerprint density at radius 2 is 1.51 bits per heavy atom. The molecule has 0 radical (unpaired) electrons. The van der Waals surface area contributed by atoms with Crippen LogP contribution in [-0.2, 0) is 4.79 Å². The summed E-state index contributed by atoms with van der Waals surface area (Å²) in [5.41, 5.74) is 3.87. The van der Waals surface area contributed by atoms with Crippen LogP contribution in [0.15, 0.2) is 59.7 Å². The number of nitrogens with one attached hydrogen (secondary N) is 2. The number of carbonyl (C=O) groups is 2. The van der Waals surface area contributed by atoms with Gasteiger partial charge in [-0.25, -0.2) is 5.43 Å². The number of hydrogen-bond acceptors (Lipinski definition) is 6. The highest BCUT2D eigenvalue weighted by molar-refractivity contribution is 6.37. The molecule has 0 heterocycles. The molecule has 0 fully saturated rings. The summed E-state index contributed by atoms with van der Waals surface area (Å²) in [6, 6.07) is 14.6. The van der Waals surface area contributed by atoms with Gasteiger partial charge in [0.2, 0.25) is 0 Å². The minimum atomic E-state index is -0.441. The molecule has 37 heavy (non-hydrogen) atoms. The van der Waals surface area contributed by atoms with E-state index in [-0.39, 0.29) is 22.4 Å². The van der Waals surface area contributed by atoms with Crippen LogP contribution in [0.1, 0.15) is 29.8 Å². The predicted octanol–water partition coefficient (Wildman–Crippen LogP) is 6.23. The Balaban J connectivity index is 1.59. The Bertz CT molecular complexity index is 1260. The molecule has 2 amide bonds. The Kier molecular flexibility index (Phi) is 10.4. The number of anilines is 1. The Labute approximate surface area is 229 Å². The van der Waals surface area contributed by atoms with E-state index in [1.165, 1.54) is 6.21 Å². The summed E-state index contributed by atoms with van der Waals surface area (Å²) in [5, 5.41) is 7.54. The van der Waals surface area contributed by atoms with E-state index in [0.717, 1.165) is 0 Å². The second-order valence-electron chi connectivity index (χ2n) is 7.38. The van der Waals surface area contributed by atoms with Crippen molar-refractivity contribution in [2.75, 3.05) is 25.1 Å². The van der Waals surface area contributed by atoms with Gasteiger partial charge in [-0.1, -0.05) is 34.8 Å². The van der Waals surface area contributed by atoms with Crippen molar-refractivity contribution in [1.29, 1.82) is 0 Å². The lowest BCUT2D eigenvalue weighted by molar-refractivity contribution is -0.118. The molecule has 194 valence electrons. The number of amides is 2. The summed E-state index contributed by atoms with van der Waals surface area (Å²) in [6.07, 6.45) is 1.38. The van der Waals surface area contributed by atoms with E-state index in [2.05, 4.69) is 15.8 Å². The van der Waals surface area contributed by atoms with Crippen LogP contribution < -0.4 is 25.0 Å². The van der Waals surface area contributed by atoms with Gasteiger partial charge in [-0.2, -0.15) is 5.10 Å². The van der Waals surface area contributed by atoms with Crippen molar-refractivity contribution in [3.8, 4) is 17.2 Å². The molecular weight excluding hydrogens is 541 g/mol. The Morgan fingerprint density at radius 1 is 0.865 bits per heavy atom. The average molecular weight is 565 g/mol. The highest BCUT2D eigenvalue weighted by atomic mass is 35.5. The number of hydrogen-bond donors (Lipinski definition) is 2. The maximum Gasteiger partial charge on any atom is 0.271 e. The molecule has 0 spiro atoms. The molecule has 0 unspecified atom stereocenters. The van der Waals surface area contributed by atoms with Crippen molar-refractivity contribution in [3.05, 3.63) is 80.8 Å². The molecule has 0 aliphatic rings. The maximum absolute atomic E-state index is 12.5. The van der Waals surface area contributed by atoms with E-state index in [9.17, 15) is 9.59 Å². The van der Waals surface area contributed by atoms with Crippen LogP contribution in [0.3, 0.4) is 0 Å². The van der Waals surface area contributed by atoms with Crippen molar-refractivity contribution >= 4 is 58.5 Å². The van der Waals surface area contributed by atoms with Crippen molar-refractivity contribution < 1.29 is 23.8 Å². The van der Waals surface area contributed by atoms with E-state index >= 15 is 0 Å². The van der Waals surface area contributed by atoms with Gasteiger partial charge in [0, 0.05) is 16.3 Å². The first-order chi connectivity index (χ1) is 17.8. The molecule has 0 bridgehead atoms. The number of nitrogens with zero attached hydrogens (tertiary/aromatic N) is 1. The summed E-state index contributed by atoms with van der Waals surface area (Å²) < 4.78 is 16.6. The summed E-state index contributed by atoms with van der Waals surface area (Å²) in [7, 11) is 0. The molecule has 0 aliphatic carbocycles. The van der Waals surface area contributed by atoms with E-state index in [4.69, 9.17) is 49.0 Å². The highest BCUT2D eigenvalue weighted by Crippen LogP contribution is 2.34. The van der Waals surface area contributed by atoms with Crippen LogP contribution in [0, 0.1) is 0 Å². The van der Waals surface area contributed by atoms with E-state index < -0.39 is 11.8 Å². The third-order valence-electron chi connectivity index (χ3n) is 4.68. The fourth-order valence-electron chi connectivity index (χ4n) is 3.08. The van der Waals surface area contributed by atoms with Gasteiger partial charge in [-0.3, -0.25) is 9.59 Å². The molecule has 3 rings (SSSR count). The zero-order valence-corrected chi connectivity index (χ0v) is 22.3. The standard InChI is InChI=1S/C26H24Cl3N3O5/c1-3-35-22-10-5-17(13-23(22)36-4-2)26(34)32-30-14-16-11-20(28)25(21(29)12-16)37-15-24(33)31-19-8-6-18(27)7-9-19/h5-14H,3-4,15H2,1-2H3,(H,31,33)(H,32,34)/b30-14+. The van der Waals surface area contributed by atoms with Crippen molar-refractivity contribution in [1.82, 2.24) is 5.43 Å². The second kappa shape index (κ2) is 13.7. The molecule has 0 atom stereocenters. The van der Waals surface area contributed by atoms with Gasteiger partial charge in [0.25, 0.3) is 11.8 Å². The minimum absolute atomic E-state index is 0.147. The lowest BCUT2D eigenvalue weighted by Gasteiger charge is -2.12. The van der Waals surface area contributed by atoms with Crippen LogP contribution in [0.2, 0.25) is 15.1 Å². The normalized spacial score (nSPS) is 10.7. The third kappa shape index (κ3) is 8.28. The molecule has 3 aromatic carbocycles. The molecule has 0 aliphatic heterocycles. The first kappa shape index (κ1) is 28.1. The molecule has 8 nitrogen and oxygen atoms in total. The number of carbonyl (C=O) groups excluding carboxylic acids is 2. The molecule has 0 saturated carbocycles. The lowest BCUT2D eigenvalue weighted by Crippen LogP contribution is -2.20. The average Bonchev–Trinajstić information content (AvgIpc) is 2.86. The van der Waals surface area contributed by atoms with Crippen molar-refractivity contribution in [3.63, 3.8) is 0 Å². The van der Waals surface area contributed by atoms with Crippen molar-refractivity contribution in [2.24, 2.45) is 5.10 Å². The number of hydrazone groups is 1. The van der Waals surface area contributed by atoms with Crippen LogP contribution in [0.4, 0.5) is 5.69 Å². The number of ether oxygens (including phenoxy) is 3. The quantitative estimate of drug-likeness (QED) is 0.213. The predicted molar refractivity (Wildman–Crippen MR) is 146 cm³/mol. The topological polar surface area (TPSA) is 98.3 Å². The van der Waals surface area contributed by atoms with Crippen molar-refractivity contribution in [2.45, 2.75) is 13.8 Å². The van der Waals surface area contributed by atoms with Gasteiger partial charge < -0.3 is 19.5 Å². The van der Waals surface area contributed by atoms with Gasteiger partial charge in [-0.15, -0.1) is 0 Å². The summed E-state index contributed by atoms with van der Waals surface area (Å²) in [4.78, 5) is 24.7. The smallest absolute Gasteiger partial charge is 0.271 e. The molecule has 0 saturated heterocycles. The van der Waals surface area contributed by atoms with Crippen LogP contribution >= 0.6 is 34.8 Å². The van der Waals surface area contributed by atoms with Crippen LogP contribution in [0.5, 0.6) is 17.2 Å². The van der Waals surface area contributed by atoms with E-state index in [1.807, 2.05) is 13.8 Å². The Morgan fingerprint density at radius 3 is 2.16 bits per heavy atom. The lowest BCUT2D eigenvalue weighted by atomic mass is 10.2. The molecular formula is C26H24Cl3N3O5. The Hall–Kier alpha value is -3.46. The maximum atomic E-state index is 12.5. The second-order valence-corrected chi connectivity index (χ2v) is 8.63. The highest BCUT2D eigenvalue weighted by Gasteiger charge is 2.13. The first-order valence-electron chi connectivity index (χ1n) is 11.2. The minimum Gasteiger partial charge on any atom is -0.490 e. The number of benzene rings is 3. The first-order valence-corrected chi connectivity index (χ1v) is 12.3. The van der Waals surface area contributed by atoms with Crippen LogP contribution in [0.25, 0.3) is 0 Å². The summed E-state index contributed by atoms with van der Waals surface area (Å²) >= 11 is 18.4. The molecule has 0 aromatic heterocycles. The molecule has 3 aromatic rings. The van der Waals surface area contributed by atoms with Gasteiger partial charge in [-0.05, 0) is 74.0 Å². The zero-order valence-electron chi connectivity index (χ0n) is 20.0. The number of halogens is 3. The van der Waals surface area contributed by atoms with Gasteiger partial charge in [0.05, 0.1) is 29.5 Å². The van der Waals surface area contributed by atoms with E-state index in [1.54, 1.807) is 54.6 Å². The monoisotopic (exact) mass is 563 g/mol. The summed E-state index contributed by atoms with van der Waals surface area (Å²) in [6.45, 7) is 4.30. The van der Waals surface area contributed by atoms with Crippen LogP contribution in [-0.4, -0.2) is 37.8 Å². The largest absolute Gasteiger partial charge is 0.490 e.